The predicted molar refractivity (Wildman–Crippen MR) is 71.1 cm³/mol. The fraction of sp³-hybridized carbons (Fsp3) is 0.750. The predicted octanol–water partition coefficient (Wildman–Crippen LogP) is 1.72. The molecule has 1 saturated heterocycles. The van der Waals surface area contributed by atoms with Crippen LogP contribution in [-0.2, 0) is 13.1 Å². The molecule has 1 aromatic heterocycles. The molecule has 1 fully saturated rings. The average molecular weight is 255 g/mol. The average Bonchev–Trinajstić information content (AvgIpc) is 2.73. The molecule has 2 unspecified atom stereocenters. The Balaban J connectivity index is 1.94. The lowest BCUT2D eigenvalue weighted by atomic mass is 10.2. The van der Waals surface area contributed by atoms with Crippen molar-refractivity contribution in [2.75, 3.05) is 19.3 Å². The monoisotopic (exact) mass is 255 g/mol. The van der Waals surface area contributed by atoms with Crippen LogP contribution in [-0.4, -0.2) is 40.7 Å². The maximum absolute atomic E-state index is 5.37. The zero-order valence-corrected chi connectivity index (χ0v) is 11.6. The van der Waals surface area contributed by atoms with Crippen molar-refractivity contribution in [3.8, 4) is 0 Å². The summed E-state index contributed by atoms with van der Waals surface area (Å²) in [6.07, 6.45) is 0. The molecule has 1 N–H and O–H groups in total. The molecular weight excluding hydrogens is 234 g/mol. The second-order valence-corrected chi connectivity index (χ2v) is 6.09. The van der Waals surface area contributed by atoms with Crippen molar-refractivity contribution in [2.45, 2.75) is 38.2 Å². The van der Waals surface area contributed by atoms with Crippen LogP contribution in [0, 0.1) is 0 Å². The quantitative estimate of drug-likeness (QED) is 0.887. The molecule has 0 aliphatic carbocycles. The smallest absolute Gasteiger partial charge is 0.151 e. The summed E-state index contributed by atoms with van der Waals surface area (Å²) in [6.45, 7) is 7.38. The van der Waals surface area contributed by atoms with Crippen LogP contribution in [0.1, 0.15) is 25.3 Å². The van der Waals surface area contributed by atoms with E-state index in [4.69, 9.17) is 4.52 Å². The second-order valence-electron chi connectivity index (χ2n) is 4.60. The van der Waals surface area contributed by atoms with Gasteiger partial charge in [0, 0.05) is 36.2 Å². The van der Waals surface area contributed by atoms with Crippen LogP contribution < -0.4 is 5.32 Å². The van der Waals surface area contributed by atoms with Crippen molar-refractivity contribution in [3.63, 3.8) is 0 Å². The highest BCUT2D eigenvalue weighted by Gasteiger charge is 2.25. The van der Waals surface area contributed by atoms with Crippen molar-refractivity contribution < 1.29 is 4.52 Å². The summed E-state index contributed by atoms with van der Waals surface area (Å²) in [5, 5.41) is 7.82. The van der Waals surface area contributed by atoms with Crippen LogP contribution in [0.25, 0.3) is 0 Å². The molecule has 96 valence electrons. The Labute approximate surface area is 107 Å². The minimum Gasteiger partial charge on any atom is -0.360 e. The van der Waals surface area contributed by atoms with E-state index in [2.05, 4.69) is 47.0 Å². The molecule has 0 radical (unpaired) electrons. The van der Waals surface area contributed by atoms with Gasteiger partial charge in [-0.05, 0) is 14.0 Å². The second kappa shape index (κ2) is 5.89. The molecule has 1 aliphatic heterocycles. The van der Waals surface area contributed by atoms with E-state index in [9.17, 15) is 0 Å². The first-order valence-corrected chi connectivity index (χ1v) is 7.20. The Kier molecular flexibility index (Phi) is 4.48. The van der Waals surface area contributed by atoms with E-state index >= 15 is 0 Å². The highest BCUT2D eigenvalue weighted by molar-refractivity contribution is 8.00. The number of nitrogens with zero attached hydrogens (tertiary/aromatic N) is 2. The summed E-state index contributed by atoms with van der Waals surface area (Å²) in [5.41, 5.74) is 0.981. The van der Waals surface area contributed by atoms with Gasteiger partial charge in [0.15, 0.2) is 5.76 Å². The van der Waals surface area contributed by atoms with E-state index in [0.717, 1.165) is 31.1 Å². The van der Waals surface area contributed by atoms with Crippen LogP contribution in [0.4, 0.5) is 0 Å². The van der Waals surface area contributed by atoms with Crippen LogP contribution in [0.3, 0.4) is 0 Å². The number of rotatable bonds is 4. The highest BCUT2D eigenvalue weighted by atomic mass is 32.2. The zero-order valence-electron chi connectivity index (χ0n) is 10.8. The Hall–Kier alpha value is -0.520. The number of hydrogen-bond donors (Lipinski definition) is 1. The van der Waals surface area contributed by atoms with Gasteiger partial charge < -0.3 is 9.84 Å². The SMILES string of the molecule is CNCc1cc(CN2CCSC(C)C2C)on1. The first-order valence-electron chi connectivity index (χ1n) is 6.15. The summed E-state index contributed by atoms with van der Waals surface area (Å²) < 4.78 is 5.37. The summed E-state index contributed by atoms with van der Waals surface area (Å²) in [5.74, 6) is 2.18. The Morgan fingerprint density at radius 2 is 2.41 bits per heavy atom. The largest absolute Gasteiger partial charge is 0.360 e. The minimum atomic E-state index is 0.603. The molecule has 0 amide bonds. The molecule has 5 heteroatoms. The number of thioether (sulfide) groups is 1. The first kappa shape index (κ1) is 12.9. The maximum Gasteiger partial charge on any atom is 0.151 e. The summed E-state index contributed by atoms with van der Waals surface area (Å²) >= 11 is 2.06. The number of hydrogen-bond acceptors (Lipinski definition) is 5. The molecule has 2 heterocycles. The fourth-order valence-electron chi connectivity index (χ4n) is 2.11. The molecule has 2 atom stereocenters. The van der Waals surface area contributed by atoms with E-state index in [1.165, 1.54) is 5.75 Å². The lowest BCUT2D eigenvalue weighted by molar-refractivity contribution is 0.181. The lowest BCUT2D eigenvalue weighted by Crippen LogP contribution is -2.43. The van der Waals surface area contributed by atoms with Gasteiger partial charge in [0.2, 0.25) is 0 Å². The van der Waals surface area contributed by atoms with Crippen molar-refractivity contribution in [3.05, 3.63) is 17.5 Å². The third-order valence-electron chi connectivity index (χ3n) is 3.34. The Morgan fingerprint density at radius 1 is 1.59 bits per heavy atom. The van der Waals surface area contributed by atoms with E-state index < -0.39 is 0 Å². The molecule has 1 aliphatic rings. The standard InChI is InChI=1S/C12H21N3OS/c1-9-10(2)17-5-4-15(9)8-12-6-11(7-13-3)14-16-12/h6,9-10,13H,4-5,7-8H2,1-3H3. The van der Waals surface area contributed by atoms with Gasteiger partial charge in [0.25, 0.3) is 0 Å². The van der Waals surface area contributed by atoms with Gasteiger partial charge in [-0.15, -0.1) is 0 Å². The molecule has 2 rings (SSSR count). The molecule has 0 bridgehead atoms. The van der Waals surface area contributed by atoms with Gasteiger partial charge in [-0.25, -0.2) is 0 Å². The van der Waals surface area contributed by atoms with Crippen LogP contribution >= 0.6 is 11.8 Å². The normalized spacial score (nSPS) is 26.3. The van der Waals surface area contributed by atoms with Gasteiger partial charge in [0.1, 0.15) is 0 Å². The maximum atomic E-state index is 5.37. The molecule has 1 aromatic rings. The molecule has 0 saturated carbocycles. The fourth-order valence-corrected chi connectivity index (χ4v) is 3.28. The number of aromatic nitrogens is 1. The molecular formula is C12H21N3OS. The van der Waals surface area contributed by atoms with Crippen molar-refractivity contribution in [2.24, 2.45) is 0 Å². The summed E-state index contributed by atoms with van der Waals surface area (Å²) in [7, 11) is 1.92. The molecule has 17 heavy (non-hydrogen) atoms. The van der Waals surface area contributed by atoms with Crippen molar-refractivity contribution in [1.82, 2.24) is 15.4 Å². The minimum absolute atomic E-state index is 0.603. The van der Waals surface area contributed by atoms with Crippen LogP contribution in [0.15, 0.2) is 10.6 Å². The molecule has 4 nitrogen and oxygen atoms in total. The van der Waals surface area contributed by atoms with E-state index in [-0.39, 0.29) is 0 Å². The lowest BCUT2D eigenvalue weighted by Gasteiger charge is -2.36. The summed E-state index contributed by atoms with van der Waals surface area (Å²) in [4.78, 5) is 2.48. The van der Waals surface area contributed by atoms with Crippen LogP contribution in [0.2, 0.25) is 0 Å². The Bertz CT molecular complexity index is 355. The zero-order chi connectivity index (χ0) is 12.3. The van der Waals surface area contributed by atoms with Gasteiger partial charge in [-0.3, -0.25) is 4.90 Å². The van der Waals surface area contributed by atoms with Gasteiger partial charge in [-0.2, -0.15) is 11.8 Å². The van der Waals surface area contributed by atoms with E-state index in [1.54, 1.807) is 0 Å². The van der Waals surface area contributed by atoms with E-state index in [0.29, 0.717) is 11.3 Å². The van der Waals surface area contributed by atoms with E-state index in [1.807, 2.05) is 7.05 Å². The molecule has 0 aromatic carbocycles. The third-order valence-corrected chi connectivity index (χ3v) is 4.68. The highest BCUT2D eigenvalue weighted by Crippen LogP contribution is 2.25. The summed E-state index contributed by atoms with van der Waals surface area (Å²) in [6, 6.07) is 2.65. The number of nitrogens with one attached hydrogen (secondary N) is 1. The topological polar surface area (TPSA) is 41.3 Å². The van der Waals surface area contributed by atoms with Gasteiger partial charge in [-0.1, -0.05) is 12.1 Å². The van der Waals surface area contributed by atoms with Crippen LogP contribution in [0.5, 0.6) is 0 Å². The Morgan fingerprint density at radius 3 is 3.18 bits per heavy atom. The van der Waals surface area contributed by atoms with Gasteiger partial charge >= 0.3 is 0 Å². The first-order chi connectivity index (χ1) is 8.20. The van der Waals surface area contributed by atoms with Crippen molar-refractivity contribution >= 4 is 11.8 Å². The molecule has 0 spiro atoms. The third kappa shape index (κ3) is 3.24. The van der Waals surface area contributed by atoms with Gasteiger partial charge in [0.05, 0.1) is 12.2 Å². The van der Waals surface area contributed by atoms with Crippen molar-refractivity contribution in [1.29, 1.82) is 0 Å².